The van der Waals surface area contributed by atoms with Crippen molar-refractivity contribution in [2.24, 2.45) is 5.73 Å². The van der Waals surface area contributed by atoms with E-state index in [1.807, 2.05) is 0 Å². The smallest absolute Gasteiger partial charge is 0.303 e. The molecule has 0 radical (unpaired) electrons. The molecule has 1 rings (SSSR count). The minimum absolute atomic E-state index is 0.00580. The van der Waals surface area contributed by atoms with E-state index in [1.54, 1.807) is 0 Å². The Balaban J connectivity index is 2.78. The number of aliphatic carboxylic acids is 1. The molecule has 108 valence electrons. The maximum Gasteiger partial charge on any atom is 0.303 e. The number of primary amides is 1. The van der Waals surface area contributed by atoms with E-state index in [0.29, 0.717) is 0 Å². The molecule has 0 aliphatic carbocycles. The molecule has 0 aliphatic heterocycles. The lowest BCUT2D eigenvalue weighted by molar-refractivity contribution is -0.137. The summed E-state index contributed by atoms with van der Waals surface area (Å²) in [5, 5.41) is 10.9. The average molecular weight is 282 g/mol. The van der Waals surface area contributed by atoms with Crippen molar-refractivity contribution in [2.45, 2.75) is 26.2 Å². The van der Waals surface area contributed by atoms with Crippen molar-refractivity contribution in [2.75, 3.05) is 5.32 Å². The van der Waals surface area contributed by atoms with Crippen LogP contribution in [0.15, 0.2) is 12.1 Å². The first-order valence-corrected chi connectivity index (χ1v) is 5.93. The number of carbonyl (C=O) groups excluding carboxylic acids is 2. The topological polar surface area (TPSA) is 109 Å². The van der Waals surface area contributed by atoms with Crippen LogP contribution in [0.2, 0.25) is 0 Å². The number of carboxylic acids is 1. The number of carbonyl (C=O) groups is 3. The summed E-state index contributed by atoms with van der Waals surface area (Å²) in [6.45, 7) is 1.45. The Morgan fingerprint density at radius 3 is 2.50 bits per heavy atom. The summed E-state index contributed by atoms with van der Waals surface area (Å²) in [5.74, 6) is -2.89. The van der Waals surface area contributed by atoms with Gasteiger partial charge in [0, 0.05) is 29.7 Å². The summed E-state index contributed by atoms with van der Waals surface area (Å²) in [7, 11) is 0. The number of nitrogens with two attached hydrogens (primary N) is 1. The van der Waals surface area contributed by atoms with Crippen molar-refractivity contribution < 1.29 is 23.9 Å². The highest BCUT2D eigenvalue weighted by Gasteiger charge is 2.12. The molecule has 0 atom stereocenters. The number of nitrogens with one attached hydrogen (secondary N) is 1. The van der Waals surface area contributed by atoms with Crippen molar-refractivity contribution in [1.82, 2.24) is 0 Å². The van der Waals surface area contributed by atoms with Gasteiger partial charge >= 0.3 is 5.97 Å². The van der Waals surface area contributed by atoms with E-state index in [4.69, 9.17) is 10.8 Å². The van der Waals surface area contributed by atoms with Crippen molar-refractivity contribution in [3.05, 3.63) is 29.1 Å². The third-order valence-electron chi connectivity index (χ3n) is 2.70. The highest BCUT2D eigenvalue weighted by Crippen LogP contribution is 2.21. The SMILES string of the molecule is Cc1c(F)cc(C(N)=O)cc1NC(=O)CCCC(=O)O. The maximum atomic E-state index is 13.6. The fourth-order valence-corrected chi connectivity index (χ4v) is 1.56. The number of hydrogen-bond donors (Lipinski definition) is 3. The van der Waals surface area contributed by atoms with Gasteiger partial charge in [0.2, 0.25) is 11.8 Å². The predicted octanol–water partition coefficient (Wildman–Crippen LogP) is 1.43. The second kappa shape index (κ2) is 6.65. The summed E-state index contributed by atoms with van der Waals surface area (Å²) in [4.78, 5) is 32.9. The van der Waals surface area contributed by atoms with E-state index in [0.717, 1.165) is 6.07 Å². The van der Waals surface area contributed by atoms with E-state index in [-0.39, 0.29) is 36.1 Å². The first kappa shape index (κ1) is 15.6. The van der Waals surface area contributed by atoms with Gasteiger partial charge in [0.15, 0.2) is 0 Å². The standard InChI is InChI=1S/C13H15FN2O4/c1-7-9(14)5-8(13(15)20)6-10(7)16-11(17)3-2-4-12(18)19/h5-6H,2-4H2,1H3,(H2,15,20)(H,16,17)(H,18,19). The number of benzene rings is 1. The fourth-order valence-electron chi connectivity index (χ4n) is 1.56. The zero-order valence-corrected chi connectivity index (χ0v) is 10.9. The Labute approximate surface area is 114 Å². The summed E-state index contributed by atoms with van der Waals surface area (Å²) in [6, 6.07) is 2.29. The fraction of sp³-hybridized carbons (Fsp3) is 0.308. The number of carboxylic acid groups (broad SMARTS) is 1. The quantitative estimate of drug-likeness (QED) is 0.733. The number of halogens is 1. The predicted molar refractivity (Wildman–Crippen MR) is 69.8 cm³/mol. The number of rotatable bonds is 6. The third-order valence-corrected chi connectivity index (χ3v) is 2.70. The van der Waals surface area contributed by atoms with Crippen LogP contribution in [0.3, 0.4) is 0 Å². The highest BCUT2D eigenvalue weighted by molar-refractivity contribution is 5.97. The molecule has 0 aliphatic rings. The summed E-state index contributed by atoms with van der Waals surface area (Å²) < 4.78 is 13.6. The van der Waals surface area contributed by atoms with E-state index in [2.05, 4.69) is 5.32 Å². The second-order valence-electron chi connectivity index (χ2n) is 4.29. The summed E-state index contributed by atoms with van der Waals surface area (Å²) in [6.07, 6.45) is 0.0501. The van der Waals surface area contributed by atoms with Crippen molar-refractivity contribution in [1.29, 1.82) is 0 Å². The van der Waals surface area contributed by atoms with Crippen molar-refractivity contribution in [3.63, 3.8) is 0 Å². The number of anilines is 1. The van der Waals surface area contributed by atoms with Crippen LogP contribution in [-0.2, 0) is 9.59 Å². The van der Waals surface area contributed by atoms with Crippen LogP contribution in [-0.4, -0.2) is 22.9 Å². The molecule has 0 saturated heterocycles. The normalized spacial score (nSPS) is 10.1. The molecule has 2 amide bonds. The Bertz CT molecular complexity index is 558. The molecule has 4 N–H and O–H groups in total. The Morgan fingerprint density at radius 1 is 1.30 bits per heavy atom. The van der Waals surface area contributed by atoms with Crippen molar-refractivity contribution in [3.8, 4) is 0 Å². The molecule has 6 nitrogen and oxygen atoms in total. The maximum absolute atomic E-state index is 13.6. The second-order valence-corrected chi connectivity index (χ2v) is 4.29. The molecule has 0 unspecified atom stereocenters. The van der Waals surface area contributed by atoms with Crippen LogP contribution in [0.4, 0.5) is 10.1 Å². The molecule has 0 bridgehead atoms. The van der Waals surface area contributed by atoms with E-state index < -0.39 is 23.6 Å². The lowest BCUT2D eigenvalue weighted by atomic mass is 10.1. The van der Waals surface area contributed by atoms with E-state index in [1.165, 1.54) is 13.0 Å². The zero-order valence-electron chi connectivity index (χ0n) is 10.9. The lowest BCUT2D eigenvalue weighted by Crippen LogP contribution is -2.16. The number of amides is 2. The zero-order chi connectivity index (χ0) is 15.3. The molecule has 1 aromatic carbocycles. The molecule has 7 heteroatoms. The Kier molecular flexibility index (Phi) is 5.19. The van der Waals surface area contributed by atoms with Crippen LogP contribution < -0.4 is 11.1 Å². The third kappa shape index (κ3) is 4.34. The highest BCUT2D eigenvalue weighted by atomic mass is 19.1. The molecule has 0 aromatic heterocycles. The minimum Gasteiger partial charge on any atom is -0.481 e. The van der Waals surface area contributed by atoms with E-state index >= 15 is 0 Å². The van der Waals surface area contributed by atoms with Gasteiger partial charge in [0.05, 0.1) is 0 Å². The van der Waals surface area contributed by atoms with Gasteiger partial charge < -0.3 is 16.2 Å². The molecular weight excluding hydrogens is 267 g/mol. The van der Waals surface area contributed by atoms with Gasteiger partial charge in [-0.3, -0.25) is 14.4 Å². The van der Waals surface area contributed by atoms with E-state index in [9.17, 15) is 18.8 Å². The molecule has 0 fully saturated rings. The van der Waals surface area contributed by atoms with Gasteiger partial charge in [0.25, 0.3) is 0 Å². The molecular formula is C13H15FN2O4. The van der Waals surface area contributed by atoms with Gasteiger partial charge in [-0.1, -0.05) is 0 Å². The lowest BCUT2D eigenvalue weighted by Gasteiger charge is -2.10. The summed E-state index contributed by atoms with van der Waals surface area (Å²) in [5.41, 5.74) is 5.35. The van der Waals surface area contributed by atoms with Crippen LogP contribution in [0, 0.1) is 12.7 Å². The van der Waals surface area contributed by atoms with Crippen LogP contribution in [0.1, 0.15) is 35.2 Å². The molecule has 0 spiro atoms. The van der Waals surface area contributed by atoms with Crippen LogP contribution in [0.5, 0.6) is 0 Å². The van der Waals surface area contributed by atoms with Gasteiger partial charge in [0.1, 0.15) is 5.82 Å². The molecule has 0 heterocycles. The van der Waals surface area contributed by atoms with Crippen LogP contribution in [0.25, 0.3) is 0 Å². The van der Waals surface area contributed by atoms with Gasteiger partial charge in [-0.25, -0.2) is 4.39 Å². The van der Waals surface area contributed by atoms with Crippen molar-refractivity contribution >= 4 is 23.5 Å². The Hall–Kier alpha value is -2.44. The molecule has 1 aromatic rings. The monoisotopic (exact) mass is 282 g/mol. The first-order chi connectivity index (χ1) is 9.31. The first-order valence-electron chi connectivity index (χ1n) is 5.93. The molecule has 20 heavy (non-hydrogen) atoms. The average Bonchev–Trinajstić information content (AvgIpc) is 2.33. The van der Waals surface area contributed by atoms with Gasteiger partial charge in [-0.2, -0.15) is 0 Å². The van der Waals surface area contributed by atoms with Gasteiger partial charge in [-0.15, -0.1) is 0 Å². The molecule has 0 saturated carbocycles. The van der Waals surface area contributed by atoms with Gasteiger partial charge in [-0.05, 0) is 25.5 Å². The summed E-state index contributed by atoms with van der Waals surface area (Å²) >= 11 is 0. The minimum atomic E-state index is -0.990. The Morgan fingerprint density at radius 2 is 1.95 bits per heavy atom. The van der Waals surface area contributed by atoms with Crippen LogP contribution >= 0.6 is 0 Å². The number of hydrogen-bond acceptors (Lipinski definition) is 3. The largest absolute Gasteiger partial charge is 0.481 e.